The zero-order chi connectivity index (χ0) is 26.2. The quantitative estimate of drug-likeness (QED) is 0.414. The topological polar surface area (TPSA) is 120 Å². The van der Waals surface area contributed by atoms with Crippen LogP contribution in [-0.2, 0) is 9.59 Å². The van der Waals surface area contributed by atoms with Crippen molar-refractivity contribution in [1.82, 2.24) is 5.32 Å². The molecule has 9 heteroatoms. The van der Waals surface area contributed by atoms with Crippen LogP contribution in [0.2, 0.25) is 0 Å². The smallest absolute Gasteiger partial charge is 0.323 e. The highest BCUT2D eigenvalue weighted by Crippen LogP contribution is 2.34. The highest BCUT2D eigenvalue weighted by Gasteiger charge is 2.24. The molecule has 0 saturated carbocycles. The number of methoxy groups -OCH3 is 1. The van der Waals surface area contributed by atoms with E-state index in [0.29, 0.717) is 34.2 Å². The first-order valence-corrected chi connectivity index (χ1v) is 11.4. The van der Waals surface area contributed by atoms with Gasteiger partial charge in [-0.2, -0.15) is 0 Å². The minimum absolute atomic E-state index is 0.110. The Morgan fingerprint density at radius 3 is 2.47 bits per heavy atom. The number of carboxylic acid groups (broad SMARTS) is 1. The lowest BCUT2D eigenvalue weighted by Crippen LogP contribution is -2.31. The summed E-state index contributed by atoms with van der Waals surface area (Å²) in [4.78, 5) is 38.2. The Labute approximate surface area is 210 Å². The molecule has 0 saturated heterocycles. The molecule has 1 heterocycles. The normalized spacial score (nSPS) is 13.3. The maximum atomic E-state index is 12.8. The number of amides is 3. The van der Waals surface area contributed by atoms with E-state index in [-0.39, 0.29) is 18.2 Å². The van der Waals surface area contributed by atoms with Crippen LogP contribution in [0.25, 0.3) is 0 Å². The van der Waals surface area contributed by atoms with Gasteiger partial charge in [0, 0.05) is 36.5 Å². The van der Waals surface area contributed by atoms with Crippen LogP contribution in [0.15, 0.2) is 78.3 Å². The van der Waals surface area contributed by atoms with Gasteiger partial charge in [0.25, 0.3) is 0 Å². The highest BCUT2D eigenvalue weighted by molar-refractivity contribution is 6.02. The molecular formula is C27H30N4O5. The van der Waals surface area contributed by atoms with Crippen LogP contribution < -0.4 is 25.6 Å². The molecule has 0 aliphatic carbocycles. The van der Waals surface area contributed by atoms with Crippen molar-refractivity contribution in [2.24, 2.45) is 5.92 Å². The average Bonchev–Trinajstić information content (AvgIpc) is 3.07. The van der Waals surface area contributed by atoms with Gasteiger partial charge < -0.3 is 25.8 Å². The Bertz CT molecular complexity index is 1250. The summed E-state index contributed by atoms with van der Waals surface area (Å²) in [7, 11) is 1.47. The number of aryl methyl sites for hydroxylation is 1. The number of benzene rings is 2. The van der Waals surface area contributed by atoms with Crippen molar-refractivity contribution in [3.05, 3.63) is 83.9 Å². The number of carbonyl (C=O) groups excluding carboxylic acids is 2. The van der Waals surface area contributed by atoms with E-state index in [1.54, 1.807) is 55.6 Å². The van der Waals surface area contributed by atoms with Gasteiger partial charge in [0.1, 0.15) is 5.75 Å². The molecule has 2 aromatic rings. The third kappa shape index (κ3) is 6.32. The zero-order valence-corrected chi connectivity index (χ0v) is 20.7. The first-order valence-electron chi connectivity index (χ1n) is 11.4. The minimum Gasteiger partial charge on any atom is -0.494 e. The van der Waals surface area contributed by atoms with E-state index in [9.17, 15) is 19.5 Å². The van der Waals surface area contributed by atoms with Crippen LogP contribution in [0.3, 0.4) is 0 Å². The number of nitrogens with zero attached hydrogens (tertiary/aromatic N) is 1. The molecule has 0 fully saturated rings. The van der Waals surface area contributed by atoms with Crippen LogP contribution in [0.4, 0.5) is 21.9 Å². The van der Waals surface area contributed by atoms with Crippen molar-refractivity contribution in [2.45, 2.75) is 27.2 Å². The van der Waals surface area contributed by atoms with E-state index in [2.05, 4.69) is 16.0 Å². The molecule has 0 bridgehead atoms. The van der Waals surface area contributed by atoms with E-state index >= 15 is 0 Å². The fourth-order valence-corrected chi connectivity index (χ4v) is 3.86. The second-order valence-corrected chi connectivity index (χ2v) is 8.29. The largest absolute Gasteiger partial charge is 0.494 e. The number of allylic oxidation sites excluding steroid dienone is 4. The first-order chi connectivity index (χ1) is 17.2. The van der Waals surface area contributed by atoms with Gasteiger partial charge in [0.2, 0.25) is 5.91 Å². The second-order valence-electron chi connectivity index (χ2n) is 8.29. The molecule has 1 unspecified atom stereocenters. The Hall–Kier alpha value is -4.53. The number of ether oxygens (including phenoxy) is 1. The fraction of sp³-hybridized carbons (Fsp3) is 0.222. The van der Waals surface area contributed by atoms with Crippen LogP contribution in [0.1, 0.15) is 25.8 Å². The van der Waals surface area contributed by atoms with Gasteiger partial charge in [-0.25, -0.2) is 4.79 Å². The molecule has 188 valence electrons. The molecule has 9 nitrogen and oxygen atoms in total. The number of para-hydroxylation sites is 1. The van der Waals surface area contributed by atoms with Gasteiger partial charge in [-0.15, -0.1) is 0 Å². The highest BCUT2D eigenvalue weighted by atomic mass is 16.5. The molecule has 4 N–H and O–H groups in total. The van der Waals surface area contributed by atoms with E-state index in [1.807, 2.05) is 25.1 Å². The molecule has 1 atom stereocenters. The van der Waals surface area contributed by atoms with Crippen molar-refractivity contribution >= 4 is 35.0 Å². The van der Waals surface area contributed by atoms with Gasteiger partial charge in [-0.3, -0.25) is 14.5 Å². The zero-order valence-electron chi connectivity index (χ0n) is 20.7. The van der Waals surface area contributed by atoms with Gasteiger partial charge in [-0.1, -0.05) is 31.2 Å². The summed E-state index contributed by atoms with van der Waals surface area (Å²) < 4.78 is 5.51. The van der Waals surface area contributed by atoms with Gasteiger partial charge in [-0.05, 0) is 42.8 Å². The van der Waals surface area contributed by atoms with Crippen molar-refractivity contribution < 1.29 is 24.2 Å². The molecule has 2 aromatic carbocycles. The number of anilines is 3. The van der Waals surface area contributed by atoms with Crippen LogP contribution in [0.5, 0.6) is 5.75 Å². The molecule has 0 aromatic heterocycles. The summed E-state index contributed by atoms with van der Waals surface area (Å²) in [5.74, 6) is -1.26. The van der Waals surface area contributed by atoms with E-state index < -0.39 is 12.0 Å². The number of aliphatic carboxylic acids is 1. The second kappa shape index (κ2) is 11.7. The number of rotatable bonds is 8. The maximum absolute atomic E-state index is 12.8. The van der Waals surface area contributed by atoms with Gasteiger partial charge in [0.05, 0.1) is 30.6 Å². The third-order valence-electron chi connectivity index (χ3n) is 5.59. The van der Waals surface area contributed by atoms with E-state index in [4.69, 9.17) is 4.74 Å². The van der Waals surface area contributed by atoms with Crippen LogP contribution in [0, 0.1) is 12.8 Å². The summed E-state index contributed by atoms with van der Waals surface area (Å²) in [5, 5.41) is 18.0. The number of hydrogen-bond acceptors (Lipinski definition) is 5. The molecule has 3 rings (SSSR count). The Kier molecular flexibility index (Phi) is 8.51. The Morgan fingerprint density at radius 1 is 1.08 bits per heavy atom. The standard InChI is InChI=1S/C27H30N4O5/c1-17-9-5-6-10-21(17)29-27(35)30-22-13-12-20(16-24(22)36-4)31(19(3)32)23-11-7-8-14-28-26(23)18(2)15-25(33)34/h5-14,16,18,28H,15H2,1-4H3,(H,33,34)(H2,29,30,35). The third-order valence-corrected chi connectivity index (χ3v) is 5.59. The van der Waals surface area contributed by atoms with Crippen LogP contribution in [-0.4, -0.2) is 30.1 Å². The predicted molar refractivity (Wildman–Crippen MR) is 140 cm³/mol. The molecular weight excluding hydrogens is 460 g/mol. The Balaban J connectivity index is 1.94. The van der Waals surface area contributed by atoms with Gasteiger partial charge in [0.15, 0.2) is 0 Å². The molecule has 0 radical (unpaired) electrons. The predicted octanol–water partition coefficient (Wildman–Crippen LogP) is 5.00. The lowest BCUT2D eigenvalue weighted by atomic mass is 10.0. The molecule has 0 spiro atoms. The van der Waals surface area contributed by atoms with Gasteiger partial charge >= 0.3 is 12.0 Å². The number of nitrogens with one attached hydrogen (secondary N) is 3. The van der Waals surface area contributed by atoms with E-state index in [1.165, 1.54) is 18.9 Å². The summed E-state index contributed by atoms with van der Waals surface area (Å²) in [6, 6.07) is 12.0. The minimum atomic E-state index is -0.941. The fourth-order valence-electron chi connectivity index (χ4n) is 3.86. The van der Waals surface area contributed by atoms with Crippen molar-refractivity contribution in [3.63, 3.8) is 0 Å². The summed E-state index contributed by atoms with van der Waals surface area (Å²) in [6.45, 7) is 5.10. The Morgan fingerprint density at radius 2 is 1.81 bits per heavy atom. The number of carbonyl (C=O) groups is 3. The van der Waals surface area contributed by atoms with Crippen molar-refractivity contribution in [1.29, 1.82) is 0 Å². The summed E-state index contributed by atoms with van der Waals surface area (Å²) >= 11 is 0. The van der Waals surface area contributed by atoms with Crippen LogP contribution >= 0.6 is 0 Å². The van der Waals surface area contributed by atoms with Crippen molar-refractivity contribution in [2.75, 3.05) is 22.6 Å². The number of carboxylic acids is 1. The molecule has 3 amide bonds. The molecule has 36 heavy (non-hydrogen) atoms. The SMILES string of the molecule is COc1cc(N(C(C)=O)C2=C(C(C)CC(=O)O)NC=CC=C2)ccc1NC(=O)Nc1ccccc1C. The lowest BCUT2D eigenvalue weighted by molar-refractivity contribution is -0.137. The number of hydrogen-bond donors (Lipinski definition) is 4. The van der Waals surface area contributed by atoms with E-state index in [0.717, 1.165) is 5.56 Å². The number of urea groups is 1. The molecule has 1 aliphatic rings. The summed E-state index contributed by atoms with van der Waals surface area (Å²) in [6.07, 6.45) is 6.86. The average molecular weight is 491 g/mol. The maximum Gasteiger partial charge on any atom is 0.323 e. The first kappa shape index (κ1) is 26.1. The lowest BCUT2D eigenvalue weighted by Gasteiger charge is -2.28. The monoisotopic (exact) mass is 490 g/mol. The summed E-state index contributed by atoms with van der Waals surface area (Å²) in [5.41, 5.74) is 3.63. The molecule has 1 aliphatic heterocycles. The van der Waals surface area contributed by atoms with Crippen molar-refractivity contribution in [3.8, 4) is 5.75 Å².